The molecule has 21 heavy (non-hydrogen) atoms. The average Bonchev–Trinajstić information content (AvgIpc) is 3.02. The molecule has 2 aromatic carbocycles. The summed E-state index contributed by atoms with van der Waals surface area (Å²) in [6.07, 6.45) is 5.53. The van der Waals surface area contributed by atoms with Crippen LogP contribution in [0, 0.1) is 0 Å². The fourth-order valence-corrected chi connectivity index (χ4v) is 2.09. The lowest BCUT2D eigenvalue weighted by molar-refractivity contribution is 0.103. The van der Waals surface area contributed by atoms with Crippen LogP contribution in [0.5, 0.6) is 0 Å². The van der Waals surface area contributed by atoms with Gasteiger partial charge >= 0.3 is 0 Å². The second-order valence-corrected chi connectivity index (χ2v) is 4.64. The molecule has 0 aliphatic carbocycles. The third-order valence-corrected chi connectivity index (χ3v) is 3.19. The van der Waals surface area contributed by atoms with E-state index in [4.69, 9.17) is 0 Å². The van der Waals surface area contributed by atoms with E-state index in [1.165, 1.54) is 0 Å². The van der Waals surface area contributed by atoms with Gasteiger partial charge in [-0.2, -0.15) is 5.10 Å². The zero-order chi connectivity index (χ0) is 14.5. The van der Waals surface area contributed by atoms with Crippen LogP contribution >= 0.6 is 0 Å². The minimum absolute atomic E-state index is 0.0548. The number of nitrogens with zero attached hydrogens (tertiary/aromatic N) is 1. The predicted molar refractivity (Wildman–Crippen MR) is 83.8 cm³/mol. The number of ketones is 1. The normalized spacial score (nSPS) is 10.9. The van der Waals surface area contributed by atoms with E-state index >= 15 is 0 Å². The topological polar surface area (TPSA) is 45.8 Å². The van der Waals surface area contributed by atoms with E-state index in [0.29, 0.717) is 11.3 Å². The smallest absolute Gasteiger partial charge is 0.211 e. The lowest BCUT2D eigenvalue weighted by Crippen LogP contribution is -2.03. The van der Waals surface area contributed by atoms with Gasteiger partial charge in [-0.25, -0.2) is 0 Å². The number of carbonyl (C=O) groups excluding carboxylic acids is 1. The van der Waals surface area contributed by atoms with Crippen molar-refractivity contribution in [1.29, 1.82) is 0 Å². The van der Waals surface area contributed by atoms with Crippen molar-refractivity contribution in [2.75, 3.05) is 0 Å². The summed E-state index contributed by atoms with van der Waals surface area (Å²) in [5.74, 6) is -0.0548. The summed E-state index contributed by atoms with van der Waals surface area (Å²) >= 11 is 0. The second-order valence-electron chi connectivity index (χ2n) is 4.64. The minimum Gasteiger partial charge on any atom is -0.287 e. The van der Waals surface area contributed by atoms with E-state index in [1.807, 2.05) is 60.7 Å². The van der Waals surface area contributed by atoms with Gasteiger partial charge in [-0.05, 0) is 5.56 Å². The molecule has 0 saturated heterocycles. The third kappa shape index (κ3) is 2.98. The first-order valence-electron chi connectivity index (χ1n) is 6.71. The maximum absolute atomic E-state index is 12.4. The van der Waals surface area contributed by atoms with Crippen LogP contribution in [-0.4, -0.2) is 16.0 Å². The van der Waals surface area contributed by atoms with Crippen molar-refractivity contribution in [3.8, 4) is 0 Å². The fraction of sp³-hybridized carbons (Fsp3) is 0. The lowest BCUT2D eigenvalue weighted by Gasteiger charge is -1.99. The van der Waals surface area contributed by atoms with Crippen molar-refractivity contribution in [1.82, 2.24) is 10.2 Å². The van der Waals surface area contributed by atoms with Crippen molar-refractivity contribution >= 4 is 17.9 Å². The maximum Gasteiger partial charge on any atom is 0.211 e. The number of rotatable bonds is 4. The zero-order valence-electron chi connectivity index (χ0n) is 11.4. The van der Waals surface area contributed by atoms with Crippen LogP contribution in [0.1, 0.15) is 27.2 Å². The Morgan fingerprint density at radius 3 is 2.29 bits per heavy atom. The highest BCUT2D eigenvalue weighted by atomic mass is 16.1. The molecule has 0 atom stereocenters. The average molecular weight is 274 g/mol. The Labute approximate surface area is 123 Å². The summed E-state index contributed by atoms with van der Waals surface area (Å²) in [5, 5.41) is 6.77. The van der Waals surface area contributed by atoms with Crippen LogP contribution in [-0.2, 0) is 0 Å². The van der Waals surface area contributed by atoms with Crippen LogP contribution < -0.4 is 0 Å². The van der Waals surface area contributed by atoms with Gasteiger partial charge in [0.2, 0.25) is 5.78 Å². The molecular weight excluding hydrogens is 260 g/mol. The Morgan fingerprint density at radius 2 is 1.57 bits per heavy atom. The molecule has 3 rings (SSSR count). The van der Waals surface area contributed by atoms with Gasteiger partial charge in [-0.3, -0.25) is 9.89 Å². The third-order valence-electron chi connectivity index (χ3n) is 3.19. The molecule has 0 unspecified atom stereocenters. The maximum atomic E-state index is 12.4. The summed E-state index contributed by atoms with van der Waals surface area (Å²) < 4.78 is 0. The number of nitrogens with one attached hydrogen (secondary N) is 1. The molecule has 1 heterocycles. The van der Waals surface area contributed by atoms with Gasteiger partial charge in [0, 0.05) is 11.1 Å². The number of carbonyl (C=O) groups is 1. The first kappa shape index (κ1) is 13.1. The van der Waals surface area contributed by atoms with Gasteiger partial charge in [0.15, 0.2) is 0 Å². The first-order valence-corrected chi connectivity index (χ1v) is 6.71. The van der Waals surface area contributed by atoms with Gasteiger partial charge in [0.05, 0.1) is 6.20 Å². The SMILES string of the molecule is O=C(c1ccccc1)c1[nH]ncc1/C=C/c1ccccc1. The number of hydrogen-bond acceptors (Lipinski definition) is 2. The number of H-pyrrole nitrogens is 1. The molecule has 0 radical (unpaired) electrons. The fourth-order valence-electron chi connectivity index (χ4n) is 2.09. The van der Waals surface area contributed by atoms with Crippen molar-refractivity contribution in [2.24, 2.45) is 0 Å². The van der Waals surface area contributed by atoms with E-state index in [1.54, 1.807) is 18.3 Å². The van der Waals surface area contributed by atoms with Crippen LogP contribution in [0.25, 0.3) is 12.2 Å². The Hall–Kier alpha value is -2.94. The Kier molecular flexibility index (Phi) is 3.74. The molecule has 3 aromatic rings. The molecule has 102 valence electrons. The molecular formula is C18H14N2O. The predicted octanol–water partition coefficient (Wildman–Crippen LogP) is 3.81. The van der Waals surface area contributed by atoms with Gasteiger partial charge in [-0.1, -0.05) is 72.8 Å². The standard InChI is InChI=1S/C18H14N2O/c21-18(15-9-5-2-6-10-15)17-16(13-19-20-17)12-11-14-7-3-1-4-8-14/h1-13H,(H,19,20)/b12-11+. The number of aromatic nitrogens is 2. The molecule has 3 nitrogen and oxygen atoms in total. The van der Waals surface area contributed by atoms with Gasteiger partial charge in [0.1, 0.15) is 5.69 Å². The van der Waals surface area contributed by atoms with Gasteiger partial charge in [-0.15, -0.1) is 0 Å². The summed E-state index contributed by atoms with van der Waals surface area (Å²) in [4.78, 5) is 12.4. The molecule has 0 bridgehead atoms. The summed E-state index contributed by atoms with van der Waals surface area (Å²) in [7, 11) is 0. The van der Waals surface area contributed by atoms with Crippen molar-refractivity contribution < 1.29 is 4.79 Å². The zero-order valence-corrected chi connectivity index (χ0v) is 11.4. The highest BCUT2D eigenvalue weighted by molar-refractivity contribution is 6.09. The molecule has 0 fully saturated rings. The first-order chi connectivity index (χ1) is 10.3. The number of aromatic amines is 1. The number of hydrogen-bond donors (Lipinski definition) is 1. The molecule has 0 aliphatic rings. The van der Waals surface area contributed by atoms with Crippen molar-refractivity contribution in [3.05, 3.63) is 89.2 Å². The highest BCUT2D eigenvalue weighted by Crippen LogP contribution is 2.15. The Bertz CT molecular complexity index is 758. The van der Waals surface area contributed by atoms with E-state index in [0.717, 1.165) is 11.1 Å². The molecule has 0 amide bonds. The molecule has 1 aromatic heterocycles. The van der Waals surface area contributed by atoms with Crippen molar-refractivity contribution in [3.63, 3.8) is 0 Å². The summed E-state index contributed by atoms with van der Waals surface area (Å²) in [6, 6.07) is 19.1. The van der Waals surface area contributed by atoms with Crippen LogP contribution in [0.3, 0.4) is 0 Å². The molecule has 1 N–H and O–H groups in total. The quantitative estimate of drug-likeness (QED) is 0.735. The largest absolute Gasteiger partial charge is 0.287 e. The number of benzene rings is 2. The molecule has 0 saturated carbocycles. The van der Waals surface area contributed by atoms with Gasteiger partial charge < -0.3 is 0 Å². The monoisotopic (exact) mass is 274 g/mol. The van der Waals surface area contributed by atoms with Crippen molar-refractivity contribution in [2.45, 2.75) is 0 Å². The lowest BCUT2D eigenvalue weighted by atomic mass is 10.0. The summed E-state index contributed by atoms with van der Waals surface area (Å²) in [6.45, 7) is 0. The van der Waals surface area contributed by atoms with E-state index in [2.05, 4.69) is 10.2 Å². The second kappa shape index (κ2) is 6.01. The van der Waals surface area contributed by atoms with Crippen LogP contribution in [0.15, 0.2) is 66.9 Å². The minimum atomic E-state index is -0.0548. The Balaban J connectivity index is 1.88. The Morgan fingerprint density at radius 1 is 0.905 bits per heavy atom. The molecule has 0 spiro atoms. The van der Waals surface area contributed by atoms with Gasteiger partial charge in [0.25, 0.3) is 0 Å². The molecule has 0 aliphatic heterocycles. The summed E-state index contributed by atoms with van der Waals surface area (Å²) in [5.41, 5.74) is 3.02. The van der Waals surface area contributed by atoms with Crippen LogP contribution in [0.4, 0.5) is 0 Å². The van der Waals surface area contributed by atoms with Crippen LogP contribution in [0.2, 0.25) is 0 Å². The van der Waals surface area contributed by atoms with E-state index < -0.39 is 0 Å². The van der Waals surface area contributed by atoms with E-state index in [-0.39, 0.29) is 5.78 Å². The molecule has 3 heteroatoms. The van der Waals surface area contributed by atoms with E-state index in [9.17, 15) is 4.79 Å². The highest BCUT2D eigenvalue weighted by Gasteiger charge is 2.13.